The maximum Gasteiger partial charge on any atom is 0.303 e. The second-order valence-electron chi connectivity index (χ2n) is 2.35. The molecule has 0 spiro atoms. The summed E-state index contributed by atoms with van der Waals surface area (Å²) in [5.41, 5.74) is 0.928. The van der Waals surface area contributed by atoms with E-state index in [4.69, 9.17) is 5.11 Å². The van der Waals surface area contributed by atoms with Gasteiger partial charge in [0, 0.05) is 0 Å². The first-order valence-corrected chi connectivity index (χ1v) is 2.91. The molecule has 2 nitrogen and oxygen atoms in total. The summed E-state index contributed by atoms with van der Waals surface area (Å²) in [6, 6.07) is 0. The minimum absolute atomic E-state index is 0.0995. The third-order valence-electron chi connectivity index (χ3n) is 1.32. The smallest absolute Gasteiger partial charge is 0.303 e. The number of allylic oxidation sites excluding steroid dienone is 1. The summed E-state index contributed by atoms with van der Waals surface area (Å²) in [5, 5.41) is 8.29. The first-order chi connectivity index (χ1) is 4.04. The van der Waals surface area contributed by atoms with Crippen molar-refractivity contribution in [1.82, 2.24) is 0 Å². The van der Waals surface area contributed by atoms with Gasteiger partial charge in [-0.2, -0.15) is 0 Å². The van der Waals surface area contributed by atoms with Gasteiger partial charge in [-0.15, -0.1) is 0 Å². The summed E-state index contributed by atoms with van der Waals surface area (Å²) in [5.74, 6) is -0.659. The molecule has 9 heavy (non-hydrogen) atoms. The van der Waals surface area contributed by atoms with Gasteiger partial charge in [-0.3, -0.25) is 4.79 Å². The monoisotopic (exact) mass is 128 g/mol. The van der Waals surface area contributed by atoms with Crippen LogP contribution in [-0.4, -0.2) is 11.1 Å². The Kier molecular flexibility index (Phi) is 2.99. The summed E-state index contributed by atoms with van der Waals surface area (Å²) >= 11 is 0. The van der Waals surface area contributed by atoms with Crippen molar-refractivity contribution in [3.8, 4) is 0 Å². The van der Waals surface area contributed by atoms with E-state index in [2.05, 4.69) is 6.58 Å². The van der Waals surface area contributed by atoms with E-state index in [0.717, 1.165) is 5.57 Å². The minimum Gasteiger partial charge on any atom is -0.481 e. The molecule has 0 aromatic heterocycles. The van der Waals surface area contributed by atoms with E-state index >= 15 is 0 Å². The van der Waals surface area contributed by atoms with Crippen LogP contribution in [0.5, 0.6) is 0 Å². The predicted octanol–water partition coefficient (Wildman–Crippen LogP) is 1.67. The molecular weight excluding hydrogens is 116 g/mol. The lowest BCUT2D eigenvalue weighted by molar-refractivity contribution is -0.137. The van der Waals surface area contributed by atoms with Crippen LogP contribution < -0.4 is 0 Å². The highest BCUT2D eigenvalue weighted by atomic mass is 16.4. The highest BCUT2D eigenvalue weighted by molar-refractivity contribution is 5.67. The van der Waals surface area contributed by atoms with Crippen molar-refractivity contribution in [1.29, 1.82) is 0 Å². The molecule has 0 rings (SSSR count). The quantitative estimate of drug-likeness (QED) is 0.587. The van der Waals surface area contributed by atoms with Crippen LogP contribution in [0.25, 0.3) is 0 Å². The molecule has 0 fully saturated rings. The predicted molar refractivity (Wildman–Crippen MR) is 36.2 cm³/mol. The van der Waals surface area contributed by atoms with Crippen molar-refractivity contribution >= 4 is 5.97 Å². The van der Waals surface area contributed by atoms with E-state index in [-0.39, 0.29) is 12.3 Å². The van der Waals surface area contributed by atoms with Crippen LogP contribution in [-0.2, 0) is 4.79 Å². The molecule has 0 aliphatic rings. The van der Waals surface area contributed by atoms with Crippen LogP contribution >= 0.6 is 0 Å². The van der Waals surface area contributed by atoms with Crippen molar-refractivity contribution in [3.05, 3.63) is 12.2 Å². The molecule has 0 radical (unpaired) electrons. The van der Waals surface area contributed by atoms with Gasteiger partial charge in [0.2, 0.25) is 0 Å². The van der Waals surface area contributed by atoms with Gasteiger partial charge >= 0.3 is 5.97 Å². The molecule has 1 unspecified atom stereocenters. The maximum absolute atomic E-state index is 10.1. The number of hydrogen-bond donors (Lipinski definition) is 1. The van der Waals surface area contributed by atoms with E-state index in [1.54, 1.807) is 0 Å². The zero-order chi connectivity index (χ0) is 7.44. The molecule has 0 saturated heterocycles. The Balaban J connectivity index is 3.63. The standard InChI is InChI=1S/C7H12O2/c1-5(2)6(3)4-7(8)9/h6H,1,4H2,2-3H3,(H,8,9). The van der Waals surface area contributed by atoms with Crippen molar-refractivity contribution in [3.63, 3.8) is 0 Å². The Morgan fingerprint density at radius 3 is 2.33 bits per heavy atom. The van der Waals surface area contributed by atoms with Gasteiger partial charge in [0.05, 0.1) is 6.42 Å². The summed E-state index contributed by atoms with van der Waals surface area (Å²) in [7, 11) is 0. The Morgan fingerprint density at radius 1 is 1.78 bits per heavy atom. The fraction of sp³-hybridized carbons (Fsp3) is 0.571. The van der Waals surface area contributed by atoms with Gasteiger partial charge in [-0.1, -0.05) is 19.1 Å². The molecule has 0 amide bonds. The molecule has 1 atom stereocenters. The molecule has 0 heterocycles. The molecule has 0 aromatic rings. The average Bonchev–Trinajstić information content (AvgIpc) is 1.63. The molecule has 0 aromatic carbocycles. The summed E-state index contributed by atoms with van der Waals surface area (Å²) in [4.78, 5) is 10.1. The van der Waals surface area contributed by atoms with Crippen LogP contribution in [0.15, 0.2) is 12.2 Å². The van der Waals surface area contributed by atoms with Crippen LogP contribution in [0.2, 0.25) is 0 Å². The summed E-state index contributed by atoms with van der Waals surface area (Å²) in [6.45, 7) is 7.34. The van der Waals surface area contributed by atoms with Crippen LogP contribution in [0.4, 0.5) is 0 Å². The first kappa shape index (κ1) is 8.21. The maximum atomic E-state index is 10.1. The van der Waals surface area contributed by atoms with Gasteiger partial charge in [0.25, 0.3) is 0 Å². The van der Waals surface area contributed by atoms with Gasteiger partial charge in [0.15, 0.2) is 0 Å². The second kappa shape index (κ2) is 3.28. The molecule has 1 N–H and O–H groups in total. The van der Waals surface area contributed by atoms with E-state index in [9.17, 15) is 4.79 Å². The van der Waals surface area contributed by atoms with Crippen LogP contribution in [0, 0.1) is 5.92 Å². The number of hydrogen-bond acceptors (Lipinski definition) is 1. The number of carboxylic acid groups (broad SMARTS) is 1. The Labute approximate surface area is 55.2 Å². The molecular formula is C7H12O2. The molecule has 2 heteroatoms. The number of rotatable bonds is 3. The summed E-state index contributed by atoms with van der Waals surface area (Å²) < 4.78 is 0. The SMILES string of the molecule is C=C(C)C(C)CC(=O)O. The molecule has 0 aliphatic carbocycles. The molecule has 52 valence electrons. The number of carboxylic acids is 1. The lowest BCUT2D eigenvalue weighted by Gasteiger charge is -2.05. The van der Waals surface area contributed by atoms with E-state index in [0.29, 0.717) is 0 Å². The van der Waals surface area contributed by atoms with E-state index in [1.165, 1.54) is 0 Å². The Hall–Kier alpha value is -0.790. The highest BCUT2D eigenvalue weighted by Gasteiger charge is 2.06. The number of carbonyl (C=O) groups is 1. The van der Waals surface area contributed by atoms with E-state index in [1.807, 2.05) is 13.8 Å². The van der Waals surface area contributed by atoms with Gasteiger partial charge in [0.1, 0.15) is 0 Å². The third kappa shape index (κ3) is 3.76. The normalized spacial score (nSPS) is 12.7. The van der Waals surface area contributed by atoms with Crippen molar-refractivity contribution in [2.24, 2.45) is 5.92 Å². The van der Waals surface area contributed by atoms with Gasteiger partial charge in [-0.25, -0.2) is 0 Å². The molecule has 0 saturated carbocycles. The average molecular weight is 128 g/mol. The second-order valence-corrected chi connectivity index (χ2v) is 2.35. The Morgan fingerprint density at radius 2 is 2.22 bits per heavy atom. The van der Waals surface area contributed by atoms with Crippen molar-refractivity contribution in [2.75, 3.05) is 0 Å². The summed E-state index contributed by atoms with van der Waals surface area (Å²) in [6.07, 6.45) is 0.190. The zero-order valence-electron chi connectivity index (χ0n) is 5.85. The van der Waals surface area contributed by atoms with Gasteiger partial charge in [-0.05, 0) is 12.8 Å². The lowest BCUT2D eigenvalue weighted by atomic mass is 10.0. The topological polar surface area (TPSA) is 37.3 Å². The van der Waals surface area contributed by atoms with Crippen molar-refractivity contribution < 1.29 is 9.90 Å². The van der Waals surface area contributed by atoms with Crippen LogP contribution in [0.3, 0.4) is 0 Å². The molecule has 0 aliphatic heterocycles. The minimum atomic E-state index is -0.759. The number of aliphatic carboxylic acids is 1. The fourth-order valence-electron chi connectivity index (χ4n) is 0.436. The van der Waals surface area contributed by atoms with E-state index < -0.39 is 5.97 Å². The van der Waals surface area contributed by atoms with Crippen molar-refractivity contribution in [2.45, 2.75) is 20.3 Å². The lowest BCUT2D eigenvalue weighted by Crippen LogP contribution is -2.04. The first-order valence-electron chi connectivity index (χ1n) is 2.91. The zero-order valence-corrected chi connectivity index (χ0v) is 5.85. The third-order valence-corrected chi connectivity index (χ3v) is 1.32. The highest BCUT2D eigenvalue weighted by Crippen LogP contribution is 2.10. The fourth-order valence-corrected chi connectivity index (χ4v) is 0.436. The van der Waals surface area contributed by atoms with Gasteiger partial charge < -0.3 is 5.11 Å². The van der Waals surface area contributed by atoms with Crippen LogP contribution in [0.1, 0.15) is 20.3 Å². The Bertz CT molecular complexity index is 127. The molecule has 0 bridgehead atoms. The largest absolute Gasteiger partial charge is 0.481 e.